The summed E-state index contributed by atoms with van der Waals surface area (Å²) in [5, 5.41) is 15.8. The van der Waals surface area contributed by atoms with E-state index in [0.717, 1.165) is 139 Å². The van der Waals surface area contributed by atoms with E-state index in [1.165, 1.54) is 37.4 Å². The number of halogens is 9. The van der Waals surface area contributed by atoms with Crippen LogP contribution < -0.4 is 26.4 Å². The molecular weight excluding hydrogens is 1230 g/mol. The number of rotatable bonds is 14. The molecule has 0 saturated carbocycles. The van der Waals surface area contributed by atoms with E-state index >= 15 is 0 Å². The molecule has 8 N–H and O–H groups in total. The number of nitrogens with one attached hydrogen (secondary N) is 1. The van der Waals surface area contributed by atoms with Crippen molar-refractivity contribution < 1.29 is 56.3 Å². The maximum atomic E-state index is 13.1. The summed E-state index contributed by atoms with van der Waals surface area (Å²) in [6.07, 6.45) is 13.3. The highest BCUT2D eigenvalue weighted by atomic mass is 31.0. The zero-order chi connectivity index (χ0) is 64.9. The predicted molar refractivity (Wildman–Crippen MR) is 320 cm³/mol. The Hall–Kier alpha value is -8.98. The monoisotopic (exact) mass is 1300 g/mol. The molecule has 13 rings (SSSR count). The van der Waals surface area contributed by atoms with E-state index in [2.05, 4.69) is 106 Å². The second-order valence-electron chi connectivity index (χ2n) is 20.9. The summed E-state index contributed by atoms with van der Waals surface area (Å²) in [6.45, 7) is 5.60. The number of nitrogens with zero attached hydrogens (tertiary/aromatic N) is 19. The Balaban J connectivity index is 0.000000171. The van der Waals surface area contributed by atoms with Crippen molar-refractivity contribution in [3.8, 4) is 34.6 Å². The first-order chi connectivity index (χ1) is 43.8. The molecule has 10 aromatic heterocycles. The second-order valence-corrected chi connectivity index (χ2v) is 20.9. The van der Waals surface area contributed by atoms with Crippen LogP contribution in [0.2, 0.25) is 0 Å². The van der Waals surface area contributed by atoms with E-state index in [9.17, 15) is 44.3 Å². The molecule has 0 amide bonds. The van der Waals surface area contributed by atoms with Crippen molar-refractivity contribution in [2.75, 3.05) is 67.2 Å². The van der Waals surface area contributed by atoms with Gasteiger partial charge in [0.25, 0.3) is 0 Å². The summed E-state index contributed by atoms with van der Waals surface area (Å²) in [6, 6.07) is 5.39. The minimum absolute atomic E-state index is 0. The molecule has 13 heterocycles. The first-order valence-corrected chi connectivity index (χ1v) is 28.9. The predicted octanol–water partition coefficient (Wildman–Crippen LogP) is 7.30. The van der Waals surface area contributed by atoms with Gasteiger partial charge in [-0.15, -0.1) is 9.24 Å². The number of anilines is 3. The number of alkyl halides is 9. The summed E-state index contributed by atoms with van der Waals surface area (Å²) in [7, 11) is 2.25. The summed E-state index contributed by atoms with van der Waals surface area (Å²) in [5.74, 6) is 12.5. The summed E-state index contributed by atoms with van der Waals surface area (Å²) in [5.41, 5.74) is 0.172. The molecule has 484 valence electrons. The maximum Gasteiger partial charge on any atom is 0.434 e. The molecule has 3 aliphatic heterocycles. The van der Waals surface area contributed by atoms with Gasteiger partial charge in [0.1, 0.15) is 40.8 Å². The van der Waals surface area contributed by atoms with Crippen molar-refractivity contribution in [3.63, 3.8) is 0 Å². The van der Waals surface area contributed by atoms with E-state index < -0.39 is 35.6 Å². The molecule has 0 aliphatic carbocycles. The van der Waals surface area contributed by atoms with Crippen LogP contribution >= 0.6 is 9.24 Å². The Morgan fingerprint density at radius 1 is 0.582 bits per heavy atom. The Kier molecular flexibility index (Phi) is 22.1. The summed E-state index contributed by atoms with van der Waals surface area (Å²) < 4.78 is 127. The summed E-state index contributed by atoms with van der Waals surface area (Å²) >= 11 is 0. The number of hydrogen-bond donors (Lipinski definition) is 4. The molecule has 10 aromatic rings. The molecular formula is C56H64F9N22O3P. The van der Waals surface area contributed by atoms with Crippen LogP contribution in [0.3, 0.4) is 0 Å². The quantitative estimate of drug-likeness (QED) is 0.0273. The number of fused-ring (bicyclic) bond motifs is 3. The lowest BCUT2D eigenvalue weighted by Gasteiger charge is -2.18. The standard InChI is InChI=1S/C19H17F3N8.C18H19F3N6O.C18H17F3N6O.CH5P.H4N2.H2O/c20-19(21,22)15-11-30-14(8-25-17(30)9-24-15)18-23-3-1-16(28-18)29-4-2-12(10-29)5-13-6-26-27-7-13;2*19-18(20,21)14-11-27-13(8-24-16(27)9-23-14)17-22-5-3-15(25-17)26-6-4-12(10-26)2-1-7-28;2*1-2;/h1,3,6-9,11-12H,2,4-5,10H2,(H,26,27);3,5,8-9,11-12,28H,1-2,4,6-7,10H2;3,5,7-9,11-12H,1-2,4,6,10H2;2H2,1H3;1-2H2;1H2/i;;;1D;;. The molecule has 35 heteroatoms. The van der Waals surface area contributed by atoms with Gasteiger partial charge in [0.15, 0.2) is 51.5 Å². The molecule has 25 nitrogen and oxygen atoms in total. The lowest BCUT2D eigenvalue weighted by molar-refractivity contribution is -0.142. The number of aliphatic hydroxyl groups excluding tert-OH is 1. The third kappa shape index (κ3) is 16.5. The van der Waals surface area contributed by atoms with Gasteiger partial charge in [0, 0.05) is 97.0 Å². The lowest BCUT2D eigenvalue weighted by Crippen LogP contribution is -2.21. The van der Waals surface area contributed by atoms with Crippen molar-refractivity contribution in [2.24, 2.45) is 29.4 Å². The number of imidazole rings is 3. The Morgan fingerprint density at radius 2 is 0.956 bits per heavy atom. The van der Waals surface area contributed by atoms with Gasteiger partial charge in [-0.3, -0.25) is 30.0 Å². The van der Waals surface area contributed by atoms with Crippen molar-refractivity contribution in [3.05, 3.63) is 128 Å². The Bertz CT molecular complexity index is 3990. The average molecular weight is 1300 g/mol. The molecule has 0 bridgehead atoms. The van der Waals surface area contributed by atoms with Crippen LogP contribution in [0.4, 0.5) is 57.0 Å². The summed E-state index contributed by atoms with van der Waals surface area (Å²) in [4.78, 5) is 66.0. The van der Waals surface area contributed by atoms with E-state index in [4.69, 9.17) is 6.48 Å². The van der Waals surface area contributed by atoms with Crippen LogP contribution in [0.25, 0.3) is 51.5 Å². The number of nitrogens with two attached hydrogens (primary N) is 2. The van der Waals surface area contributed by atoms with E-state index in [0.29, 0.717) is 82.5 Å². The van der Waals surface area contributed by atoms with E-state index in [-0.39, 0.29) is 17.7 Å². The van der Waals surface area contributed by atoms with Crippen LogP contribution in [-0.2, 0) is 29.7 Å². The van der Waals surface area contributed by atoms with Crippen LogP contribution in [0, 0.1) is 17.8 Å². The number of aromatic nitrogens is 17. The highest BCUT2D eigenvalue weighted by molar-refractivity contribution is 7.15. The molecule has 0 spiro atoms. The van der Waals surface area contributed by atoms with E-state index in [1.807, 2.05) is 18.5 Å². The highest BCUT2D eigenvalue weighted by Crippen LogP contribution is 2.34. The van der Waals surface area contributed by atoms with Gasteiger partial charge < -0.3 is 30.1 Å². The average Bonchev–Trinajstić information content (AvgIpc) is 1.93. The fraction of sp³-hybridized carbons (Fsp3) is 0.393. The number of aliphatic hydroxyl groups is 1. The molecule has 3 aliphatic rings. The van der Waals surface area contributed by atoms with Crippen molar-refractivity contribution in [1.82, 2.24) is 83.2 Å². The molecule has 0 radical (unpaired) electrons. The van der Waals surface area contributed by atoms with Gasteiger partial charge in [-0.05, 0) is 86.5 Å². The minimum Gasteiger partial charge on any atom is -0.412 e. The van der Waals surface area contributed by atoms with Crippen LogP contribution in [0.1, 0.15) is 69.0 Å². The molecule has 4 unspecified atom stereocenters. The molecule has 4 atom stereocenters. The SMILES string of the molecule is FC(F)(F)c1cn2c(-c3nccc(N4CCC(Cc5cn[nH]c5)C4)n3)cnc2cn1.NN.O.O=CCCC1CCN(c2ccnc(-c3cnc4cnc(C(F)(F)F)cn34)n2)C1.OCCCC1CCN(c2ccnc(-c3cnc4cnc(C(F)(F)F)cn34)n2)C1.[2H]CP. The first kappa shape index (κ1) is 66.4. The van der Waals surface area contributed by atoms with Gasteiger partial charge in [-0.1, -0.05) is 6.64 Å². The van der Waals surface area contributed by atoms with Crippen molar-refractivity contribution in [2.45, 2.75) is 69.9 Å². The van der Waals surface area contributed by atoms with Gasteiger partial charge in [-0.25, -0.2) is 59.8 Å². The largest absolute Gasteiger partial charge is 0.434 e. The molecule has 91 heavy (non-hydrogen) atoms. The highest BCUT2D eigenvalue weighted by Gasteiger charge is 2.36. The maximum absolute atomic E-state index is 13.1. The van der Waals surface area contributed by atoms with Crippen molar-refractivity contribution >= 4 is 49.9 Å². The number of carbonyl (C=O) groups is 1. The van der Waals surface area contributed by atoms with Gasteiger partial charge in [0.05, 0.1) is 43.4 Å². The number of hydrazine groups is 1. The fourth-order valence-corrected chi connectivity index (χ4v) is 10.7. The number of H-pyrrole nitrogens is 1. The third-order valence-corrected chi connectivity index (χ3v) is 15.0. The Labute approximate surface area is 516 Å². The normalized spacial score (nSPS) is 16.7. The third-order valence-electron chi connectivity index (χ3n) is 15.0. The first-order valence-electron chi connectivity index (χ1n) is 28.8. The molecule has 0 aromatic carbocycles. The number of hydrogen-bond acceptors (Lipinski definition) is 20. The van der Waals surface area contributed by atoms with Crippen molar-refractivity contribution in [1.29, 1.82) is 0 Å². The number of aldehydes is 1. The van der Waals surface area contributed by atoms with E-state index in [1.54, 1.807) is 30.7 Å². The minimum atomic E-state index is -4.55. The topological polar surface area (TPSA) is 327 Å². The zero-order valence-corrected chi connectivity index (χ0v) is 49.6. The Morgan fingerprint density at radius 3 is 1.31 bits per heavy atom. The number of carbonyl (C=O) groups excluding carboxylic acids is 1. The smallest absolute Gasteiger partial charge is 0.412 e. The molecule has 3 saturated heterocycles. The van der Waals surface area contributed by atoms with Gasteiger partial charge in [-0.2, -0.15) is 44.6 Å². The molecule has 3 fully saturated rings. The van der Waals surface area contributed by atoms with Crippen LogP contribution in [0.5, 0.6) is 0 Å². The van der Waals surface area contributed by atoms with Crippen LogP contribution in [-0.4, -0.2) is 153 Å². The van der Waals surface area contributed by atoms with Gasteiger partial charge in [0.2, 0.25) is 0 Å². The zero-order valence-electron chi connectivity index (χ0n) is 49.4. The lowest BCUT2D eigenvalue weighted by atomic mass is 10.0. The van der Waals surface area contributed by atoms with Crippen LogP contribution in [0.15, 0.2) is 105 Å². The number of aromatic amines is 1. The second kappa shape index (κ2) is 30.2. The van der Waals surface area contributed by atoms with Gasteiger partial charge >= 0.3 is 18.5 Å². The fourth-order valence-electron chi connectivity index (χ4n) is 10.7.